The molecule has 5 heteroatoms. The summed E-state index contributed by atoms with van der Waals surface area (Å²) in [5.41, 5.74) is 1.23. The fourth-order valence-corrected chi connectivity index (χ4v) is 2.37. The zero-order valence-electron chi connectivity index (χ0n) is 11.0. The Hall–Kier alpha value is -2.33. The fraction of sp³-hybridized carbons (Fsp3) is 0.125. The monoisotopic (exact) mass is 301 g/mol. The molecule has 1 aliphatic rings. The second-order valence-corrected chi connectivity index (χ2v) is 4.86. The Bertz CT molecular complexity index is 685. The Labute approximate surface area is 127 Å². The van der Waals surface area contributed by atoms with Gasteiger partial charge >= 0.3 is 0 Å². The molecular weight excluding hydrogens is 290 g/mol. The molecule has 0 saturated carbocycles. The molecular formula is C16H12ClNO3. The molecule has 106 valence electrons. The maximum Gasteiger partial charge on any atom is 0.228 e. The van der Waals surface area contributed by atoms with Crippen LogP contribution in [0.1, 0.15) is 11.7 Å². The summed E-state index contributed by atoms with van der Waals surface area (Å²) in [4.78, 5) is 15.6. The number of hydrogen-bond acceptors (Lipinski definition) is 4. The van der Waals surface area contributed by atoms with Gasteiger partial charge in [0.05, 0.1) is 10.7 Å². The molecule has 1 heterocycles. The lowest BCUT2D eigenvalue weighted by Gasteiger charge is -2.23. The van der Waals surface area contributed by atoms with Crippen LogP contribution in [0.25, 0.3) is 0 Å². The first-order chi connectivity index (χ1) is 10.3. The van der Waals surface area contributed by atoms with Gasteiger partial charge in [-0.15, -0.1) is 0 Å². The lowest BCUT2D eigenvalue weighted by atomic mass is 10.1. The first-order valence-corrected chi connectivity index (χ1v) is 6.81. The molecule has 4 nitrogen and oxygen atoms in total. The van der Waals surface area contributed by atoms with Crippen LogP contribution < -0.4 is 4.74 Å². The summed E-state index contributed by atoms with van der Waals surface area (Å²) in [7, 11) is 0. The van der Waals surface area contributed by atoms with Crippen molar-refractivity contribution in [1.29, 1.82) is 0 Å². The molecule has 0 bridgehead atoms. The van der Waals surface area contributed by atoms with Gasteiger partial charge in [0.25, 0.3) is 0 Å². The van der Waals surface area contributed by atoms with E-state index in [-0.39, 0.29) is 6.61 Å². The summed E-state index contributed by atoms with van der Waals surface area (Å²) in [5, 5.41) is 0.469. The van der Waals surface area contributed by atoms with Crippen LogP contribution in [0.3, 0.4) is 0 Å². The molecule has 1 atom stereocenters. The van der Waals surface area contributed by atoms with E-state index >= 15 is 0 Å². The quantitative estimate of drug-likeness (QED) is 0.809. The van der Waals surface area contributed by atoms with E-state index in [2.05, 4.69) is 4.99 Å². The zero-order chi connectivity index (χ0) is 14.7. The van der Waals surface area contributed by atoms with E-state index in [1.54, 1.807) is 18.2 Å². The summed E-state index contributed by atoms with van der Waals surface area (Å²) in [6, 6.07) is 14.6. The Balaban J connectivity index is 1.83. The van der Waals surface area contributed by atoms with Crippen molar-refractivity contribution in [3.8, 4) is 5.75 Å². The standard InChI is InChI=1S/C16H12ClNO3/c17-12-7-4-8-13-16(12)14(9-19)21-15(18-13)10-20-11-5-2-1-3-6-11/h1-9,14H,10H2. The Kier molecular flexibility index (Phi) is 3.88. The molecule has 0 aromatic heterocycles. The second-order valence-electron chi connectivity index (χ2n) is 4.45. The highest BCUT2D eigenvalue weighted by Gasteiger charge is 2.26. The number of nitrogens with zero attached hydrogens (tertiary/aromatic N) is 1. The minimum atomic E-state index is -0.749. The molecule has 0 spiro atoms. The third-order valence-electron chi connectivity index (χ3n) is 3.05. The molecule has 21 heavy (non-hydrogen) atoms. The second kappa shape index (κ2) is 5.97. The van der Waals surface area contributed by atoms with Gasteiger partial charge < -0.3 is 9.47 Å². The van der Waals surface area contributed by atoms with Crippen LogP contribution in [-0.4, -0.2) is 18.8 Å². The number of halogens is 1. The van der Waals surface area contributed by atoms with Crippen LogP contribution >= 0.6 is 11.6 Å². The number of rotatable bonds is 4. The van der Waals surface area contributed by atoms with E-state index in [9.17, 15) is 4.79 Å². The average molecular weight is 302 g/mol. The van der Waals surface area contributed by atoms with E-state index in [1.165, 1.54) is 0 Å². The van der Waals surface area contributed by atoms with E-state index in [4.69, 9.17) is 21.1 Å². The van der Waals surface area contributed by atoms with Crippen molar-refractivity contribution < 1.29 is 14.3 Å². The van der Waals surface area contributed by atoms with Crippen molar-refractivity contribution in [3.63, 3.8) is 0 Å². The van der Waals surface area contributed by atoms with Gasteiger partial charge in [0.2, 0.25) is 5.90 Å². The normalized spacial score (nSPS) is 16.4. The molecule has 0 fully saturated rings. The lowest BCUT2D eigenvalue weighted by molar-refractivity contribution is -0.114. The third-order valence-corrected chi connectivity index (χ3v) is 3.38. The van der Waals surface area contributed by atoms with E-state index in [1.807, 2.05) is 30.3 Å². The van der Waals surface area contributed by atoms with Gasteiger partial charge in [0, 0.05) is 5.56 Å². The van der Waals surface area contributed by atoms with Gasteiger partial charge in [0.1, 0.15) is 5.75 Å². The third kappa shape index (κ3) is 2.90. The van der Waals surface area contributed by atoms with Gasteiger partial charge in [-0.1, -0.05) is 35.9 Å². The lowest BCUT2D eigenvalue weighted by Crippen LogP contribution is -2.22. The number of ether oxygens (including phenoxy) is 2. The molecule has 0 radical (unpaired) electrons. The van der Waals surface area contributed by atoms with Gasteiger partial charge in [-0.3, -0.25) is 4.79 Å². The van der Waals surface area contributed by atoms with Crippen LogP contribution in [0.15, 0.2) is 53.5 Å². The SMILES string of the molecule is O=CC1OC(COc2ccccc2)=Nc2cccc(Cl)c21. The van der Waals surface area contributed by atoms with Crippen LogP contribution in [-0.2, 0) is 9.53 Å². The number of hydrogen-bond donors (Lipinski definition) is 0. The molecule has 1 aliphatic heterocycles. The highest BCUT2D eigenvalue weighted by atomic mass is 35.5. The number of aldehydes is 1. The summed E-state index contributed by atoms with van der Waals surface area (Å²) >= 11 is 6.10. The zero-order valence-corrected chi connectivity index (χ0v) is 11.8. The highest BCUT2D eigenvalue weighted by molar-refractivity contribution is 6.32. The number of fused-ring (bicyclic) bond motifs is 1. The van der Waals surface area contributed by atoms with Crippen molar-refractivity contribution in [2.45, 2.75) is 6.10 Å². The largest absolute Gasteiger partial charge is 0.484 e. The number of benzene rings is 2. The van der Waals surface area contributed by atoms with Gasteiger partial charge in [-0.25, -0.2) is 4.99 Å². The maximum atomic E-state index is 11.2. The van der Waals surface area contributed by atoms with Crippen LogP contribution in [0.2, 0.25) is 5.02 Å². The summed E-state index contributed by atoms with van der Waals surface area (Å²) in [5.74, 6) is 1.06. The average Bonchev–Trinajstić information content (AvgIpc) is 2.53. The maximum absolute atomic E-state index is 11.2. The topological polar surface area (TPSA) is 47.9 Å². The van der Waals surface area contributed by atoms with Gasteiger partial charge in [-0.05, 0) is 24.3 Å². The molecule has 1 unspecified atom stereocenters. The highest BCUT2D eigenvalue weighted by Crippen LogP contribution is 2.36. The number of aliphatic imine (C=N–C) groups is 1. The Morgan fingerprint density at radius 1 is 1.19 bits per heavy atom. The van der Waals surface area contributed by atoms with E-state index in [0.29, 0.717) is 34.2 Å². The predicted octanol–water partition coefficient (Wildman–Crippen LogP) is 3.72. The van der Waals surface area contributed by atoms with Gasteiger partial charge in [-0.2, -0.15) is 0 Å². The van der Waals surface area contributed by atoms with E-state index < -0.39 is 6.10 Å². The molecule has 2 aromatic carbocycles. The van der Waals surface area contributed by atoms with Crippen LogP contribution in [0, 0.1) is 0 Å². The van der Waals surface area contributed by atoms with Crippen LogP contribution in [0.4, 0.5) is 5.69 Å². The summed E-state index contributed by atoms with van der Waals surface area (Å²) in [6.45, 7) is 0.153. The van der Waals surface area contributed by atoms with Crippen molar-refractivity contribution in [2.75, 3.05) is 6.61 Å². The number of para-hydroxylation sites is 1. The van der Waals surface area contributed by atoms with Crippen molar-refractivity contribution in [3.05, 3.63) is 59.1 Å². The van der Waals surface area contributed by atoms with Crippen LogP contribution in [0.5, 0.6) is 5.75 Å². The number of carbonyl (C=O) groups is 1. The minimum Gasteiger partial charge on any atom is -0.484 e. The molecule has 3 rings (SSSR count). The summed E-state index contributed by atoms with van der Waals surface area (Å²) in [6.07, 6.45) is -0.0392. The fourth-order valence-electron chi connectivity index (χ4n) is 2.09. The molecule has 2 aromatic rings. The van der Waals surface area contributed by atoms with Gasteiger partial charge in [0.15, 0.2) is 19.0 Å². The Morgan fingerprint density at radius 2 is 2.00 bits per heavy atom. The molecule has 0 aliphatic carbocycles. The number of carbonyl (C=O) groups excluding carboxylic acids is 1. The Morgan fingerprint density at radius 3 is 2.76 bits per heavy atom. The summed E-state index contributed by atoms with van der Waals surface area (Å²) < 4.78 is 11.1. The van der Waals surface area contributed by atoms with Crippen molar-refractivity contribution in [2.24, 2.45) is 4.99 Å². The van der Waals surface area contributed by atoms with Crippen molar-refractivity contribution in [1.82, 2.24) is 0 Å². The molecule has 0 amide bonds. The molecule has 0 saturated heterocycles. The first-order valence-electron chi connectivity index (χ1n) is 6.43. The minimum absolute atomic E-state index is 0.153. The van der Waals surface area contributed by atoms with Crippen molar-refractivity contribution >= 4 is 29.5 Å². The predicted molar refractivity (Wildman–Crippen MR) is 80.4 cm³/mol. The molecule has 0 N–H and O–H groups in total. The van der Waals surface area contributed by atoms with E-state index in [0.717, 1.165) is 0 Å². The first kappa shape index (κ1) is 13.6. The smallest absolute Gasteiger partial charge is 0.228 e.